The molecule has 30 heavy (non-hydrogen) atoms. The van der Waals surface area contributed by atoms with E-state index in [1.807, 2.05) is 29.2 Å². The number of hydrogen-bond acceptors (Lipinski definition) is 4. The van der Waals surface area contributed by atoms with Crippen LogP contribution in [0.2, 0.25) is 0 Å². The largest absolute Gasteiger partial charge is 0.378 e. The third kappa shape index (κ3) is 3.71. The molecule has 0 bridgehead atoms. The number of hydrogen-bond donors (Lipinski definition) is 2. The molecule has 4 rings (SSSR count). The van der Waals surface area contributed by atoms with Gasteiger partial charge >= 0.3 is 0 Å². The number of amides is 1. The zero-order valence-electron chi connectivity index (χ0n) is 17.8. The lowest BCUT2D eigenvalue weighted by molar-refractivity contribution is -0.117. The lowest BCUT2D eigenvalue weighted by Gasteiger charge is -2.44. The Kier molecular flexibility index (Phi) is 5.61. The fraction of sp³-hybridized carbons (Fsp3) is 0.360. The highest BCUT2D eigenvalue weighted by Crippen LogP contribution is 2.43. The maximum absolute atomic E-state index is 12.5. The fourth-order valence-electron chi connectivity index (χ4n) is 4.61. The van der Waals surface area contributed by atoms with Crippen LogP contribution < -0.4 is 15.5 Å². The van der Waals surface area contributed by atoms with Crippen LogP contribution in [0.3, 0.4) is 0 Å². The molecule has 2 aliphatic heterocycles. The molecule has 2 heterocycles. The third-order valence-electron chi connectivity index (χ3n) is 6.43. The number of anilines is 2. The SMILES string of the molecule is CC(=O)N1c2ccc(C3=CCNCC3)cc2C(Nc2ccc(C#N)cc2)[C@@H](C)[C@@H]1C. The molecule has 154 valence electrons. The van der Waals surface area contributed by atoms with Crippen molar-refractivity contribution < 1.29 is 4.79 Å². The van der Waals surface area contributed by atoms with Crippen molar-refractivity contribution in [2.24, 2.45) is 5.92 Å². The average molecular weight is 401 g/mol. The lowest BCUT2D eigenvalue weighted by Crippen LogP contribution is -2.48. The minimum Gasteiger partial charge on any atom is -0.378 e. The number of benzene rings is 2. The summed E-state index contributed by atoms with van der Waals surface area (Å²) in [6.07, 6.45) is 3.26. The lowest BCUT2D eigenvalue weighted by atomic mass is 9.81. The molecule has 2 N–H and O–H groups in total. The van der Waals surface area contributed by atoms with Crippen LogP contribution in [0.15, 0.2) is 48.5 Å². The Labute approximate surface area is 178 Å². The first-order valence-corrected chi connectivity index (χ1v) is 10.6. The Morgan fingerprint density at radius 1 is 1.20 bits per heavy atom. The van der Waals surface area contributed by atoms with Crippen LogP contribution in [0, 0.1) is 17.2 Å². The normalized spacial score (nSPS) is 23.2. The fourth-order valence-corrected chi connectivity index (χ4v) is 4.61. The minimum absolute atomic E-state index is 0.0702. The van der Waals surface area contributed by atoms with Gasteiger partial charge in [-0.1, -0.05) is 19.1 Å². The van der Waals surface area contributed by atoms with Gasteiger partial charge in [0.2, 0.25) is 5.91 Å². The van der Waals surface area contributed by atoms with Crippen molar-refractivity contribution >= 4 is 22.9 Å². The van der Waals surface area contributed by atoms with Crippen molar-refractivity contribution in [3.63, 3.8) is 0 Å². The molecule has 2 aromatic rings. The van der Waals surface area contributed by atoms with E-state index in [0.29, 0.717) is 5.56 Å². The number of nitriles is 1. The summed E-state index contributed by atoms with van der Waals surface area (Å²) in [5.74, 6) is 0.288. The summed E-state index contributed by atoms with van der Waals surface area (Å²) in [5, 5.41) is 16.1. The van der Waals surface area contributed by atoms with Gasteiger partial charge in [-0.3, -0.25) is 4.79 Å². The molecule has 0 spiro atoms. The van der Waals surface area contributed by atoms with Gasteiger partial charge in [0.1, 0.15) is 0 Å². The Hall–Kier alpha value is -3.10. The van der Waals surface area contributed by atoms with Crippen molar-refractivity contribution in [3.8, 4) is 6.07 Å². The topological polar surface area (TPSA) is 68.2 Å². The monoisotopic (exact) mass is 400 g/mol. The Balaban J connectivity index is 1.77. The number of carbonyl (C=O) groups excluding carboxylic acids is 1. The van der Waals surface area contributed by atoms with Crippen molar-refractivity contribution in [2.45, 2.75) is 39.3 Å². The van der Waals surface area contributed by atoms with Crippen LogP contribution >= 0.6 is 0 Å². The minimum atomic E-state index is 0.0702. The second-order valence-corrected chi connectivity index (χ2v) is 8.26. The molecule has 5 nitrogen and oxygen atoms in total. The number of nitrogens with one attached hydrogen (secondary N) is 2. The van der Waals surface area contributed by atoms with Crippen molar-refractivity contribution in [1.29, 1.82) is 5.26 Å². The van der Waals surface area contributed by atoms with Gasteiger partial charge in [-0.2, -0.15) is 5.26 Å². The van der Waals surface area contributed by atoms with Crippen LogP contribution in [0.4, 0.5) is 11.4 Å². The highest BCUT2D eigenvalue weighted by Gasteiger charge is 2.38. The number of rotatable bonds is 3. The number of nitrogens with zero attached hydrogens (tertiary/aromatic N) is 2. The molecule has 0 saturated heterocycles. The summed E-state index contributed by atoms with van der Waals surface area (Å²) in [4.78, 5) is 14.4. The Morgan fingerprint density at radius 3 is 2.60 bits per heavy atom. The van der Waals surface area contributed by atoms with Gasteiger partial charge in [0.15, 0.2) is 0 Å². The molecule has 0 saturated carbocycles. The maximum atomic E-state index is 12.5. The van der Waals surface area contributed by atoms with Crippen LogP contribution in [0.1, 0.15) is 49.9 Å². The Bertz CT molecular complexity index is 1020. The van der Waals surface area contributed by atoms with E-state index in [2.05, 4.69) is 54.8 Å². The maximum Gasteiger partial charge on any atom is 0.224 e. The van der Waals surface area contributed by atoms with E-state index in [1.165, 1.54) is 11.1 Å². The van der Waals surface area contributed by atoms with Crippen LogP contribution in [0.25, 0.3) is 5.57 Å². The zero-order valence-corrected chi connectivity index (χ0v) is 17.8. The third-order valence-corrected chi connectivity index (χ3v) is 6.43. The van der Waals surface area contributed by atoms with Gasteiger partial charge in [-0.05, 0) is 73.0 Å². The average Bonchev–Trinajstić information content (AvgIpc) is 2.77. The first-order chi connectivity index (χ1) is 14.5. The van der Waals surface area contributed by atoms with E-state index < -0.39 is 0 Å². The molecule has 0 aliphatic carbocycles. The van der Waals surface area contributed by atoms with E-state index in [4.69, 9.17) is 5.26 Å². The predicted octanol–water partition coefficient (Wildman–Crippen LogP) is 4.48. The first kappa shape index (κ1) is 20.2. The van der Waals surface area contributed by atoms with E-state index in [1.54, 1.807) is 6.92 Å². The second kappa shape index (κ2) is 8.33. The highest BCUT2D eigenvalue weighted by molar-refractivity contribution is 5.94. The molecular weight excluding hydrogens is 372 g/mol. The van der Waals surface area contributed by atoms with Crippen LogP contribution in [-0.4, -0.2) is 25.0 Å². The molecular formula is C25H28N4O. The molecule has 1 unspecified atom stereocenters. The van der Waals surface area contributed by atoms with E-state index >= 15 is 0 Å². The highest BCUT2D eigenvalue weighted by atomic mass is 16.2. The summed E-state index contributed by atoms with van der Waals surface area (Å²) in [5.41, 5.74) is 6.34. The molecule has 0 fully saturated rings. The summed E-state index contributed by atoms with van der Waals surface area (Å²) in [6, 6.07) is 16.4. The van der Waals surface area contributed by atoms with Gasteiger partial charge in [-0.15, -0.1) is 0 Å². The molecule has 2 aliphatic rings. The van der Waals surface area contributed by atoms with Crippen molar-refractivity contribution in [1.82, 2.24) is 5.32 Å². The van der Waals surface area contributed by atoms with E-state index in [0.717, 1.165) is 36.4 Å². The molecule has 0 radical (unpaired) electrons. The summed E-state index contributed by atoms with van der Waals surface area (Å²) in [6.45, 7) is 7.84. The second-order valence-electron chi connectivity index (χ2n) is 8.26. The molecule has 5 heteroatoms. The standard InChI is InChI=1S/C25H28N4O/c1-16-17(2)29(18(3)30)24-9-6-21(20-10-12-27-13-11-20)14-23(24)25(16)28-22-7-4-19(15-26)5-8-22/h4-10,14,16-17,25,27-28H,11-13H2,1-3H3/t16-,17-,25?/m0/s1. The van der Waals surface area contributed by atoms with Gasteiger partial charge in [0.05, 0.1) is 17.7 Å². The molecule has 0 aromatic heterocycles. The van der Waals surface area contributed by atoms with Gasteiger partial charge in [0.25, 0.3) is 0 Å². The summed E-state index contributed by atoms with van der Waals surface area (Å²) < 4.78 is 0. The summed E-state index contributed by atoms with van der Waals surface area (Å²) in [7, 11) is 0. The van der Waals surface area contributed by atoms with Crippen LogP contribution in [-0.2, 0) is 4.79 Å². The molecule has 3 atom stereocenters. The molecule has 2 aromatic carbocycles. The van der Waals surface area contributed by atoms with Gasteiger partial charge < -0.3 is 15.5 Å². The van der Waals surface area contributed by atoms with E-state index in [9.17, 15) is 4.79 Å². The number of carbonyl (C=O) groups is 1. The van der Waals surface area contributed by atoms with Crippen molar-refractivity contribution in [2.75, 3.05) is 23.3 Å². The smallest absolute Gasteiger partial charge is 0.224 e. The quantitative estimate of drug-likeness (QED) is 0.797. The first-order valence-electron chi connectivity index (χ1n) is 10.6. The Morgan fingerprint density at radius 2 is 1.97 bits per heavy atom. The predicted molar refractivity (Wildman–Crippen MR) is 121 cm³/mol. The van der Waals surface area contributed by atoms with Gasteiger partial charge in [-0.25, -0.2) is 0 Å². The zero-order chi connectivity index (χ0) is 21.3. The molecule has 1 amide bonds. The van der Waals surface area contributed by atoms with Gasteiger partial charge in [0, 0.05) is 36.8 Å². The van der Waals surface area contributed by atoms with E-state index in [-0.39, 0.29) is 23.9 Å². The number of fused-ring (bicyclic) bond motifs is 1. The van der Waals surface area contributed by atoms with Crippen molar-refractivity contribution in [3.05, 3.63) is 65.2 Å². The summed E-state index contributed by atoms with van der Waals surface area (Å²) >= 11 is 0. The van der Waals surface area contributed by atoms with Crippen LogP contribution in [0.5, 0.6) is 0 Å².